The second-order valence-electron chi connectivity index (χ2n) is 4.26. The number of imidazole rings is 1. The third kappa shape index (κ3) is 2.07. The minimum Gasteiger partial charge on any atom is -0.495 e. The maximum atomic E-state index is 6.04. The Morgan fingerprint density at radius 1 is 1.15 bits per heavy atom. The van der Waals surface area contributed by atoms with Gasteiger partial charge in [-0.05, 0) is 30.3 Å². The van der Waals surface area contributed by atoms with Crippen LogP contribution in [-0.2, 0) is 0 Å². The first-order valence-electron chi connectivity index (χ1n) is 5.87. The number of methoxy groups -OCH3 is 1. The van der Waals surface area contributed by atoms with E-state index in [-0.39, 0.29) is 0 Å². The largest absolute Gasteiger partial charge is 0.495 e. The summed E-state index contributed by atoms with van der Waals surface area (Å²) in [6.07, 6.45) is 0. The summed E-state index contributed by atoms with van der Waals surface area (Å²) in [6, 6.07) is 10.8. The standard InChI is InChI=1S/C14H11Cl2N3O/c1-20-13-7-9(3-4-10(13)16)19-12-6-8(15)2-5-11(12)18-14(19)17/h2-7H,1H3,(H2,17,18). The number of rotatable bonds is 2. The molecule has 0 radical (unpaired) electrons. The first kappa shape index (κ1) is 13.1. The van der Waals surface area contributed by atoms with Crippen LogP contribution < -0.4 is 10.5 Å². The fourth-order valence-corrected chi connectivity index (χ4v) is 2.49. The predicted octanol–water partition coefficient (Wildman–Crippen LogP) is 3.92. The van der Waals surface area contributed by atoms with E-state index in [4.69, 9.17) is 33.7 Å². The van der Waals surface area contributed by atoms with Crippen LogP contribution in [0.2, 0.25) is 10.0 Å². The Hall–Kier alpha value is -1.91. The molecule has 1 aromatic heterocycles. The zero-order valence-corrected chi connectivity index (χ0v) is 12.1. The molecular weight excluding hydrogens is 297 g/mol. The van der Waals surface area contributed by atoms with E-state index in [1.807, 2.05) is 18.2 Å². The van der Waals surface area contributed by atoms with Gasteiger partial charge in [0.25, 0.3) is 0 Å². The lowest BCUT2D eigenvalue weighted by atomic mass is 10.2. The van der Waals surface area contributed by atoms with E-state index in [2.05, 4.69) is 4.98 Å². The van der Waals surface area contributed by atoms with Gasteiger partial charge in [0.05, 0.1) is 28.9 Å². The van der Waals surface area contributed by atoms with E-state index >= 15 is 0 Å². The lowest BCUT2D eigenvalue weighted by molar-refractivity contribution is 0.415. The summed E-state index contributed by atoms with van der Waals surface area (Å²) < 4.78 is 7.03. The highest BCUT2D eigenvalue weighted by Gasteiger charge is 2.12. The highest BCUT2D eigenvalue weighted by atomic mass is 35.5. The van der Waals surface area contributed by atoms with Crippen molar-refractivity contribution in [3.05, 3.63) is 46.4 Å². The van der Waals surface area contributed by atoms with Crippen molar-refractivity contribution in [3.8, 4) is 11.4 Å². The van der Waals surface area contributed by atoms with Gasteiger partial charge >= 0.3 is 0 Å². The van der Waals surface area contributed by atoms with Crippen molar-refractivity contribution in [2.75, 3.05) is 12.8 Å². The van der Waals surface area contributed by atoms with Gasteiger partial charge in [-0.1, -0.05) is 23.2 Å². The van der Waals surface area contributed by atoms with Gasteiger partial charge in [0.2, 0.25) is 5.95 Å². The SMILES string of the molecule is COc1cc(-n2c(N)nc3ccc(Cl)cc32)ccc1Cl. The van der Waals surface area contributed by atoms with Gasteiger partial charge in [0, 0.05) is 11.1 Å². The van der Waals surface area contributed by atoms with Gasteiger partial charge in [0.15, 0.2) is 0 Å². The molecule has 102 valence electrons. The van der Waals surface area contributed by atoms with E-state index < -0.39 is 0 Å². The Bertz CT molecular complexity index is 798. The van der Waals surface area contributed by atoms with Crippen molar-refractivity contribution in [1.29, 1.82) is 0 Å². The van der Waals surface area contributed by atoms with E-state index in [1.165, 1.54) is 0 Å². The third-order valence-corrected chi connectivity index (χ3v) is 3.58. The van der Waals surface area contributed by atoms with Crippen molar-refractivity contribution < 1.29 is 4.74 Å². The Balaban J connectivity index is 2.28. The minimum absolute atomic E-state index is 0.381. The molecule has 0 amide bonds. The van der Waals surface area contributed by atoms with Crippen molar-refractivity contribution >= 4 is 40.2 Å². The number of aromatic nitrogens is 2. The lowest BCUT2D eigenvalue weighted by Gasteiger charge is -2.09. The van der Waals surface area contributed by atoms with Crippen LogP contribution in [0.3, 0.4) is 0 Å². The maximum Gasteiger partial charge on any atom is 0.205 e. The van der Waals surface area contributed by atoms with Crippen LogP contribution in [0.4, 0.5) is 5.95 Å². The van der Waals surface area contributed by atoms with Gasteiger partial charge in [-0.3, -0.25) is 4.57 Å². The minimum atomic E-state index is 0.381. The molecule has 6 heteroatoms. The Morgan fingerprint density at radius 2 is 1.95 bits per heavy atom. The fraction of sp³-hybridized carbons (Fsp3) is 0.0714. The third-order valence-electron chi connectivity index (χ3n) is 3.04. The Kier molecular flexibility index (Phi) is 3.20. The van der Waals surface area contributed by atoms with Gasteiger partial charge < -0.3 is 10.5 Å². The van der Waals surface area contributed by atoms with Crippen molar-refractivity contribution in [3.63, 3.8) is 0 Å². The molecule has 3 aromatic rings. The number of hydrogen-bond donors (Lipinski definition) is 1. The Labute approximate surface area is 125 Å². The van der Waals surface area contributed by atoms with Gasteiger partial charge in [-0.25, -0.2) is 4.98 Å². The number of halogens is 2. The Morgan fingerprint density at radius 3 is 2.70 bits per heavy atom. The zero-order valence-electron chi connectivity index (χ0n) is 10.6. The second kappa shape index (κ2) is 4.89. The first-order chi connectivity index (χ1) is 9.60. The molecule has 0 aliphatic carbocycles. The second-order valence-corrected chi connectivity index (χ2v) is 5.10. The molecule has 20 heavy (non-hydrogen) atoms. The van der Waals surface area contributed by atoms with E-state index in [1.54, 1.807) is 29.9 Å². The summed E-state index contributed by atoms with van der Waals surface area (Å²) in [6.45, 7) is 0. The lowest BCUT2D eigenvalue weighted by Crippen LogP contribution is -2.01. The van der Waals surface area contributed by atoms with Crippen LogP contribution in [0.15, 0.2) is 36.4 Å². The molecule has 0 aliphatic heterocycles. The maximum absolute atomic E-state index is 6.04. The molecule has 1 heterocycles. The number of ether oxygens (including phenoxy) is 1. The molecule has 0 bridgehead atoms. The summed E-state index contributed by atoms with van der Waals surface area (Å²) >= 11 is 12.1. The van der Waals surface area contributed by atoms with E-state index in [0.29, 0.717) is 21.7 Å². The molecule has 2 aromatic carbocycles. The van der Waals surface area contributed by atoms with Crippen LogP contribution in [0.25, 0.3) is 16.7 Å². The monoisotopic (exact) mass is 307 g/mol. The predicted molar refractivity (Wildman–Crippen MR) is 82.1 cm³/mol. The molecule has 0 unspecified atom stereocenters. The number of nitrogens with zero attached hydrogens (tertiary/aromatic N) is 2. The number of anilines is 1. The van der Waals surface area contributed by atoms with Gasteiger partial charge in [0.1, 0.15) is 5.75 Å². The summed E-state index contributed by atoms with van der Waals surface area (Å²) in [4.78, 5) is 4.32. The summed E-state index contributed by atoms with van der Waals surface area (Å²) in [7, 11) is 1.57. The van der Waals surface area contributed by atoms with E-state index in [0.717, 1.165) is 16.7 Å². The van der Waals surface area contributed by atoms with Crippen LogP contribution in [0.5, 0.6) is 5.75 Å². The van der Waals surface area contributed by atoms with Gasteiger partial charge in [-0.15, -0.1) is 0 Å². The van der Waals surface area contributed by atoms with Crippen LogP contribution in [-0.4, -0.2) is 16.7 Å². The number of nitrogens with two attached hydrogens (primary N) is 1. The van der Waals surface area contributed by atoms with Gasteiger partial charge in [-0.2, -0.15) is 0 Å². The molecule has 0 fully saturated rings. The molecule has 0 saturated carbocycles. The van der Waals surface area contributed by atoms with Crippen molar-refractivity contribution in [1.82, 2.24) is 9.55 Å². The smallest absolute Gasteiger partial charge is 0.205 e. The topological polar surface area (TPSA) is 53.1 Å². The molecule has 2 N–H and O–H groups in total. The molecular formula is C14H11Cl2N3O. The van der Waals surface area contributed by atoms with Crippen molar-refractivity contribution in [2.45, 2.75) is 0 Å². The number of hydrogen-bond acceptors (Lipinski definition) is 3. The first-order valence-corrected chi connectivity index (χ1v) is 6.63. The normalized spacial score (nSPS) is 10.9. The molecule has 0 spiro atoms. The highest BCUT2D eigenvalue weighted by molar-refractivity contribution is 6.32. The van der Waals surface area contributed by atoms with Crippen LogP contribution in [0, 0.1) is 0 Å². The number of nitrogen functional groups attached to an aromatic ring is 1. The molecule has 4 nitrogen and oxygen atoms in total. The molecule has 0 aliphatic rings. The van der Waals surface area contributed by atoms with Crippen LogP contribution >= 0.6 is 23.2 Å². The van der Waals surface area contributed by atoms with Crippen LogP contribution in [0.1, 0.15) is 0 Å². The highest BCUT2D eigenvalue weighted by Crippen LogP contribution is 2.31. The molecule has 0 saturated heterocycles. The summed E-state index contributed by atoms with van der Waals surface area (Å²) in [5.74, 6) is 0.957. The van der Waals surface area contributed by atoms with Crippen molar-refractivity contribution in [2.24, 2.45) is 0 Å². The quantitative estimate of drug-likeness (QED) is 0.780. The zero-order chi connectivity index (χ0) is 14.3. The van der Waals surface area contributed by atoms with E-state index in [9.17, 15) is 0 Å². The summed E-state index contributed by atoms with van der Waals surface area (Å²) in [5.41, 5.74) is 8.42. The molecule has 0 atom stereocenters. The number of fused-ring (bicyclic) bond motifs is 1. The average Bonchev–Trinajstić information content (AvgIpc) is 2.75. The fourth-order valence-electron chi connectivity index (χ4n) is 2.13. The molecule has 3 rings (SSSR count). The summed E-state index contributed by atoms with van der Waals surface area (Å²) in [5, 5.41) is 1.16. The average molecular weight is 308 g/mol. The number of benzene rings is 2.